The van der Waals surface area contributed by atoms with Crippen LogP contribution in [0.5, 0.6) is 0 Å². The van der Waals surface area contributed by atoms with Gasteiger partial charge in [-0.3, -0.25) is 4.90 Å². The van der Waals surface area contributed by atoms with Gasteiger partial charge in [-0.05, 0) is 18.8 Å². The number of halogens is 3. The highest BCUT2D eigenvalue weighted by atomic mass is 19.4. The van der Waals surface area contributed by atoms with Crippen LogP contribution in [0.3, 0.4) is 0 Å². The minimum Gasteiger partial charge on any atom is -0.323 e. The lowest BCUT2D eigenvalue weighted by molar-refractivity contribution is -0.161. The Kier molecular flexibility index (Phi) is 1.86. The lowest BCUT2D eigenvalue weighted by atomic mass is 9.86. The minimum absolute atomic E-state index is 0.300. The van der Waals surface area contributed by atoms with E-state index in [1.54, 1.807) is 0 Å². The SMILES string of the molecule is NC1(C2CC2)CN(CC(F)(F)F)C1. The van der Waals surface area contributed by atoms with Crippen molar-refractivity contribution in [1.29, 1.82) is 0 Å². The maximum absolute atomic E-state index is 11.9. The number of likely N-dealkylation sites (tertiary alicyclic amines) is 1. The van der Waals surface area contributed by atoms with Crippen molar-refractivity contribution in [2.75, 3.05) is 19.6 Å². The zero-order valence-corrected chi connectivity index (χ0v) is 7.27. The van der Waals surface area contributed by atoms with Gasteiger partial charge in [0.1, 0.15) is 0 Å². The normalized spacial score (nSPS) is 28.6. The highest BCUT2D eigenvalue weighted by molar-refractivity contribution is 5.09. The van der Waals surface area contributed by atoms with Crippen LogP contribution in [-0.2, 0) is 0 Å². The Morgan fingerprint density at radius 2 is 1.85 bits per heavy atom. The van der Waals surface area contributed by atoms with Crippen molar-refractivity contribution in [3.05, 3.63) is 0 Å². The van der Waals surface area contributed by atoms with Gasteiger partial charge in [0, 0.05) is 18.6 Å². The Balaban J connectivity index is 1.77. The molecule has 1 saturated heterocycles. The van der Waals surface area contributed by atoms with E-state index >= 15 is 0 Å². The molecule has 0 spiro atoms. The van der Waals surface area contributed by atoms with E-state index in [4.69, 9.17) is 5.73 Å². The van der Waals surface area contributed by atoms with Crippen molar-refractivity contribution in [3.8, 4) is 0 Å². The molecule has 0 aromatic rings. The van der Waals surface area contributed by atoms with E-state index in [1.807, 2.05) is 0 Å². The summed E-state index contributed by atoms with van der Waals surface area (Å²) in [4.78, 5) is 1.37. The molecule has 76 valence electrons. The quantitative estimate of drug-likeness (QED) is 0.709. The minimum atomic E-state index is -4.08. The first-order chi connectivity index (χ1) is 5.89. The molecule has 0 atom stereocenters. The number of nitrogens with zero attached hydrogens (tertiary/aromatic N) is 1. The summed E-state index contributed by atoms with van der Waals surface area (Å²) >= 11 is 0. The second-order valence-electron chi connectivity index (χ2n) is 4.27. The van der Waals surface area contributed by atoms with E-state index in [1.165, 1.54) is 4.90 Å². The van der Waals surface area contributed by atoms with Gasteiger partial charge >= 0.3 is 6.18 Å². The molecular formula is C8H13F3N2. The van der Waals surface area contributed by atoms with Gasteiger partial charge in [0.25, 0.3) is 0 Å². The first-order valence-electron chi connectivity index (χ1n) is 4.47. The number of hydrogen-bond acceptors (Lipinski definition) is 2. The molecule has 13 heavy (non-hydrogen) atoms. The standard InChI is InChI=1S/C8H13F3N2/c9-8(10,11)5-13-3-7(12,4-13)6-1-2-6/h6H,1-5,12H2. The van der Waals surface area contributed by atoms with Crippen LogP contribution < -0.4 is 5.73 Å². The van der Waals surface area contributed by atoms with Crippen LogP contribution in [0.15, 0.2) is 0 Å². The van der Waals surface area contributed by atoms with Crippen molar-refractivity contribution in [2.45, 2.75) is 24.6 Å². The largest absolute Gasteiger partial charge is 0.401 e. The van der Waals surface area contributed by atoms with Crippen molar-refractivity contribution < 1.29 is 13.2 Å². The number of nitrogens with two attached hydrogens (primary N) is 1. The van der Waals surface area contributed by atoms with Crippen LogP contribution in [-0.4, -0.2) is 36.2 Å². The molecule has 0 aromatic carbocycles. The van der Waals surface area contributed by atoms with E-state index in [9.17, 15) is 13.2 Å². The molecule has 0 unspecified atom stereocenters. The molecule has 0 bridgehead atoms. The van der Waals surface area contributed by atoms with Gasteiger partial charge in [0.2, 0.25) is 0 Å². The first kappa shape index (κ1) is 9.27. The Morgan fingerprint density at radius 1 is 1.31 bits per heavy atom. The lowest BCUT2D eigenvalue weighted by Gasteiger charge is -2.48. The third-order valence-corrected chi connectivity index (χ3v) is 2.83. The third kappa shape index (κ3) is 1.96. The van der Waals surface area contributed by atoms with Gasteiger partial charge in [0.15, 0.2) is 0 Å². The average molecular weight is 194 g/mol. The zero-order valence-electron chi connectivity index (χ0n) is 7.27. The van der Waals surface area contributed by atoms with E-state index < -0.39 is 12.7 Å². The molecule has 0 radical (unpaired) electrons. The fourth-order valence-electron chi connectivity index (χ4n) is 2.07. The van der Waals surface area contributed by atoms with E-state index in [2.05, 4.69) is 0 Å². The second kappa shape index (κ2) is 2.60. The van der Waals surface area contributed by atoms with Crippen LogP contribution in [0.25, 0.3) is 0 Å². The Labute approximate surface area is 74.9 Å². The smallest absolute Gasteiger partial charge is 0.323 e. The summed E-state index contributed by atoms with van der Waals surface area (Å²) in [6, 6.07) is 0. The number of alkyl halides is 3. The number of hydrogen-bond donors (Lipinski definition) is 1. The Morgan fingerprint density at radius 3 is 2.23 bits per heavy atom. The summed E-state index contributed by atoms with van der Waals surface area (Å²) in [5.41, 5.74) is 5.61. The van der Waals surface area contributed by atoms with Gasteiger partial charge in [-0.25, -0.2) is 0 Å². The molecule has 0 aromatic heterocycles. The van der Waals surface area contributed by atoms with E-state index in [0.717, 1.165) is 12.8 Å². The zero-order chi connectivity index (χ0) is 9.69. The highest BCUT2D eigenvalue weighted by Crippen LogP contribution is 2.43. The highest BCUT2D eigenvalue weighted by Gasteiger charge is 2.52. The molecule has 2 N–H and O–H groups in total. The summed E-state index contributed by atoms with van der Waals surface area (Å²) in [7, 11) is 0. The van der Waals surface area contributed by atoms with Gasteiger partial charge in [-0.1, -0.05) is 0 Å². The average Bonchev–Trinajstić information content (AvgIpc) is 2.59. The first-order valence-corrected chi connectivity index (χ1v) is 4.47. The summed E-state index contributed by atoms with van der Waals surface area (Å²) in [6.07, 6.45) is -1.89. The summed E-state index contributed by atoms with van der Waals surface area (Å²) in [6.45, 7) is 0.0209. The molecule has 2 nitrogen and oxygen atoms in total. The van der Waals surface area contributed by atoms with Gasteiger partial charge in [-0.15, -0.1) is 0 Å². The molecule has 5 heteroatoms. The maximum atomic E-state index is 11.9. The summed E-state index contributed by atoms with van der Waals surface area (Å²) in [5, 5.41) is 0. The van der Waals surface area contributed by atoms with E-state index in [0.29, 0.717) is 19.0 Å². The van der Waals surface area contributed by atoms with Crippen LogP contribution in [0, 0.1) is 5.92 Å². The van der Waals surface area contributed by atoms with Crippen LogP contribution in [0.1, 0.15) is 12.8 Å². The van der Waals surface area contributed by atoms with Crippen molar-refractivity contribution >= 4 is 0 Å². The molecule has 2 aliphatic rings. The fourth-order valence-corrected chi connectivity index (χ4v) is 2.07. The topological polar surface area (TPSA) is 29.3 Å². The van der Waals surface area contributed by atoms with Crippen LogP contribution in [0.4, 0.5) is 13.2 Å². The molecular weight excluding hydrogens is 181 g/mol. The van der Waals surface area contributed by atoms with Crippen molar-refractivity contribution in [1.82, 2.24) is 4.90 Å². The van der Waals surface area contributed by atoms with Crippen molar-refractivity contribution in [2.24, 2.45) is 11.7 Å². The Hall–Kier alpha value is -0.290. The molecule has 1 saturated carbocycles. The molecule has 1 aliphatic carbocycles. The van der Waals surface area contributed by atoms with Gasteiger partial charge in [0.05, 0.1) is 6.54 Å². The second-order valence-corrected chi connectivity index (χ2v) is 4.27. The number of rotatable bonds is 2. The predicted octanol–water partition coefficient (Wildman–Crippen LogP) is 0.972. The van der Waals surface area contributed by atoms with Crippen LogP contribution in [0.2, 0.25) is 0 Å². The fraction of sp³-hybridized carbons (Fsp3) is 1.00. The molecule has 1 heterocycles. The predicted molar refractivity (Wildman–Crippen MR) is 42.1 cm³/mol. The summed E-state index contributed by atoms with van der Waals surface area (Å²) < 4.78 is 35.7. The molecule has 2 fully saturated rings. The third-order valence-electron chi connectivity index (χ3n) is 2.83. The van der Waals surface area contributed by atoms with Crippen molar-refractivity contribution in [3.63, 3.8) is 0 Å². The molecule has 2 rings (SSSR count). The van der Waals surface area contributed by atoms with E-state index in [-0.39, 0.29) is 5.54 Å². The molecule has 0 amide bonds. The van der Waals surface area contributed by atoms with Gasteiger partial charge in [-0.2, -0.15) is 13.2 Å². The Bertz CT molecular complexity index is 204. The van der Waals surface area contributed by atoms with Crippen LogP contribution >= 0.6 is 0 Å². The monoisotopic (exact) mass is 194 g/mol. The molecule has 1 aliphatic heterocycles. The lowest BCUT2D eigenvalue weighted by Crippen LogP contribution is -2.69. The maximum Gasteiger partial charge on any atom is 0.401 e. The van der Waals surface area contributed by atoms with Gasteiger partial charge < -0.3 is 5.73 Å². The summed E-state index contributed by atoms with van der Waals surface area (Å²) in [5.74, 6) is 0.483.